The van der Waals surface area contributed by atoms with E-state index in [0.29, 0.717) is 6.42 Å². The van der Waals surface area contributed by atoms with Crippen LogP contribution in [0.5, 0.6) is 0 Å². The molecule has 13 atom stereocenters. The van der Waals surface area contributed by atoms with Gasteiger partial charge in [-0.15, -0.1) is 0 Å². The summed E-state index contributed by atoms with van der Waals surface area (Å²) < 4.78 is 45.2. The summed E-state index contributed by atoms with van der Waals surface area (Å²) in [7, 11) is -5.40. The molecular formula is C50H89O18P. The number of unbranched alkanes of at least 4 members (excludes halogenated alkanes) is 21. The Kier molecular flexibility index (Phi) is 34.3. The van der Waals surface area contributed by atoms with Crippen molar-refractivity contribution in [2.24, 2.45) is 0 Å². The lowest BCUT2D eigenvalue weighted by Crippen LogP contribution is -2.67. The maximum absolute atomic E-state index is 13.4. The van der Waals surface area contributed by atoms with Crippen molar-refractivity contribution in [1.82, 2.24) is 0 Å². The number of hydrogen-bond acceptors (Lipinski definition) is 17. The van der Waals surface area contributed by atoms with Gasteiger partial charge >= 0.3 is 19.8 Å². The van der Waals surface area contributed by atoms with Gasteiger partial charge in [-0.25, -0.2) is 9.36 Å². The van der Waals surface area contributed by atoms with Gasteiger partial charge in [0.1, 0.15) is 67.6 Å². The van der Waals surface area contributed by atoms with Crippen LogP contribution in [-0.2, 0) is 42.1 Å². The van der Waals surface area contributed by atoms with Crippen LogP contribution in [0.4, 0.5) is 0 Å². The smallest absolute Gasteiger partial charge is 0.462 e. The highest BCUT2D eigenvalue weighted by Crippen LogP contribution is 2.48. The second-order valence-electron chi connectivity index (χ2n) is 18.4. The maximum Gasteiger partial charge on any atom is 0.472 e. The Balaban J connectivity index is 1.98. The quantitative estimate of drug-likeness (QED) is 0.00846. The molecule has 19 heteroatoms. The van der Waals surface area contributed by atoms with E-state index in [-0.39, 0.29) is 6.42 Å². The van der Waals surface area contributed by atoms with E-state index in [9.17, 15) is 59.9 Å². The first-order valence-electron chi connectivity index (χ1n) is 25.9. The monoisotopic (exact) mass is 1010 g/mol. The second kappa shape index (κ2) is 37.6. The van der Waals surface area contributed by atoms with Crippen LogP contribution in [0.1, 0.15) is 174 Å². The van der Waals surface area contributed by atoms with Crippen molar-refractivity contribution in [3.63, 3.8) is 0 Å². The summed E-state index contributed by atoms with van der Waals surface area (Å²) in [6.07, 6.45) is 14.4. The standard InChI is InChI=1S/C50H89O18P/c1-3-5-7-9-11-13-15-17-19-21-23-25-27-29-31-33-40(53)65-37(35-63-39(52)32-30-28-26-24-22-20-18-16-14-12-10-8-6-4-2)36-64-69(61,62)68-49-46(59)44(57)43(56)45(58)48(49)67-50-47(60)42(55)41(54)38(34-51)66-50/h20,22,27,29,31,33,37-38,41-51,54-60H,3-19,21,23-26,28,30,32,34-36H2,1-2H3,(H,61,62)/b22-20-,29-27+,33-31+. The molecule has 2 aliphatic rings. The largest absolute Gasteiger partial charge is 0.472 e. The molecule has 0 radical (unpaired) electrons. The Hall–Kier alpha value is -2.13. The molecule has 1 aliphatic heterocycles. The Morgan fingerprint density at radius 2 is 1.06 bits per heavy atom. The normalized spacial score (nSPS) is 27.8. The van der Waals surface area contributed by atoms with Gasteiger partial charge in [0.15, 0.2) is 12.4 Å². The molecule has 13 unspecified atom stereocenters. The summed E-state index contributed by atoms with van der Waals surface area (Å²) in [6.45, 7) is 2.11. The van der Waals surface area contributed by atoms with Crippen molar-refractivity contribution >= 4 is 19.8 Å². The summed E-state index contributed by atoms with van der Waals surface area (Å²) >= 11 is 0. The highest BCUT2D eigenvalue weighted by molar-refractivity contribution is 7.47. The minimum absolute atomic E-state index is 0.0700. The molecule has 1 saturated heterocycles. The van der Waals surface area contributed by atoms with Gasteiger partial charge in [-0.1, -0.05) is 153 Å². The minimum atomic E-state index is -5.40. The van der Waals surface area contributed by atoms with Gasteiger partial charge in [0.05, 0.1) is 13.2 Å². The van der Waals surface area contributed by atoms with Crippen molar-refractivity contribution in [2.45, 2.75) is 248 Å². The molecule has 1 heterocycles. The molecule has 2 rings (SSSR count). The lowest BCUT2D eigenvalue weighted by Gasteiger charge is -2.47. The number of phosphoric ester groups is 1. The molecule has 0 aromatic rings. The number of carbonyl (C=O) groups excluding carboxylic acids is 2. The number of hydrogen-bond donors (Lipinski definition) is 9. The van der Waals surface area contributed by atoms with Crippen molar-refractivity contribution in [1.29, 1.82) is 0 Å². The molecule has 18 nitrogen and oxygen atoms in total. The summed E-state index contributed by atoms with van der Waals surface area (Å²) in [5.74, 6) is -1.49. The van der Waals surface area contributed by atoms with Gasteiger partial charge in [-0.2, -0.15) is 0 Å². The highest BCUT2D eigenvalue weighted by Gasteiger charge is 2.55. The predicted molar refractivity (Wildman–Crippen MR) is 258 cm³/mol. The molecule has 9 N–H and O–H groups in total. The van der Waals surface area contributed by atoms with E-state index in [0.717, 1.165) is 51.0 Å². The fourth-order valence-corrected chi connectivity index (χ4v) is 9.10. The molecule has 1 saturated carbocycles. The van der Waals surface area contributed by atoms with E-state index in [1.165, 1.54) is 109 Å². The summed E-state index contributed by atoms with van der Waals surface area (Å²) in [6, 6.07) is 0. The molecule has 0 bridgehead atoms. The topological polar surface area (TPSA) is 289 Å². The van der Waals surface area contributed by atoms with E-state index in [4.69, 9.17) is 28.0 Å². The van der Waals surface area contributed by atoms with Gasteiger partial charge in [-0.05, 0) is 44.9 Å². The average molecular weight is 1010 g/mol. The van der Waals surface area contributed by atoms with E-state index >= 15 is 0 Å². The van der Waals surface area contributed by atoms with Crippen LogP contribution in [0.3, 0.4) is 0 Å². The van der Waals surface area contributed by atoms with Gasteiger partial charge in [0, 0.05) is 12.5 Å². The van der Waals surface area contributed by atoms with Gasteiger partial charge in [0.2, 0.25) is 0 Å². The van der Waals surface area contributed by atoms with E-state index in [1.807, 2.05) is 6.08 Å². The predicted octanol–water partition coefficient (Wildman–Crippen LogP) is 6.05. The summed E-state index contributed by atoms with van der Waals surface area (Å²) in [5.41, 5.74) is 0. The molecule has 0 amide bonds. The van der Waals surface area contributed by atoms with Crippen molar-refractivity contribution < 1.29 is 87.9 Å². The number of esters is 2. The van der Waals surface area contributed by atoms with Crippen LogP contribution in [-0.4, -0.2) is 151 Å². The van der Waals surface area contributed by atoms with Gasteiger partial charge in [-0.3, -0.25) is 13.8 Å². The second-order valence-corrected chi connectivity index (χ2v) is 19.8. The van der Waals surface area contributed by atoms with Crippen LogP contribution in [0, 0.1) is 0 Å². The number of aliphatic hydroxyl groups is 8. The molecule has 402 valence electrons. The van der Waals surface area contributed by atoms with E-state index in [1.54, 1.807) is 6.08 Å². The van der Waals surface area contributed by atoms with E-state index in [2.05, 4.69) is 26.0 Å². The third-order valence-corrected chi connectivity index (χ3v) is 13.4. The number of ether oxygens (including phenoxy) is 4. The average Bonchev–Trinajstić information content (AvgIpc) is 3.33. The first-order chi connectivity index (χ1) is 33.2. The van der Waals surface area contributed by atoms with Crippen LogP contribution < -0.4 is 0 Å². The van der Waals surface area contributed by atoms with Crippen LogP contribution in [0.25, 0.3) is 0 Å². The third-order valence-electron chi connectivity index (χ3n) is 12.4. The summed E-state index contributed by atoms with van der Waals surface area (Å²) in [4.78, 5) is 36.4. The van der Waals surface area contributed by atoms with Crippen LogP contribution in [0.15, 0.2) is 36.5 Å². The lowest BCUT2D eigenvalue weighted by atomic mass is 9.84. The van der Waals surface area contributed by atoms with Crippen molar-refractivity contribution in [2.75, 3.05) is 19.8 Å². The molecule has 1 aliphatic carbocycles. The van der Waals surface area contributed by atoms with Crippen molar-refractivity contribution in [3.05, 3.63) is 36.5 Å². The number of aliphatic hydroxyl groups excluding tert-OH is 8. The lowest BCUT2D eigenvalue weighted by molar-refractivity contribution is -0.338. The number of rotatable bonds is 39. The third kappa shape index (κ3) is 26.4. The Morgan fingerprint density at radius 1 is 0.580 bits per heavy atom. The zero-order chi connectivity index (χ0) is 50.9. The number of phosphoric acid groups is 1. The fraction of sp³-hybridized carbons (Fsp3) is 0.840. The maximum atomic E-state index is 13.4. The number of carbonyl (C=O) groups is 2. The van der Waals surface area contributed by atoms with Gasteiger partial charge < -0.3 is 64.7 Å². The Labute approximate surface area is 410 Å². The van der Waals surface area contributed by atoms with Crippen molar-refractivity contribution in [3.8, 4) is 0 Å². The van der Waals surface area contributed by atoms with Crippen LogP contribution >= 0.6 is 7.82 Å². The number of allylic oxidation sites excluding steroid dienone is 5. The summed E-state index contributed by atoms with van der Waals surface area (Å²) in [5, 5.41) is 82.9. The van der Waals surface area contributed by atoms with E-state index < -0.39 is 113 Å². The molecular weight excluding hydrogens is 920 g/mol. The SMILES string of the molecule is CCCCCCCCC/C=C\CCCCCC(=O)OCC(COP(=O)(O)OC1C(O)C(O)C(O)C(O)C1OC1OC(CO)C(O)C(O)C1O)OC(=O)/C=C/C=C/CCCCCCCCCCCCC. The molecule has 2 fully saturated rings. The first-order valence-corrected chi connectivity index (χ1v) is 27.3. The Bertz CT molecular complexity index is 1480. The molecule has 69 heavy (non-hydrogen) atoms. The molecule has 0 aromatic heterocycles. The zero-order valence-electron chi connectivity index (χ0n) is 41.3. The zero-order valence-corrected chi connectivity index (χ0v) is 42.2. The molecule has 0 aromatic carbocycles. The molecule has 0 spiro atoms. The Morgan fingerprint density at radius 3 is 1.59 bits per heavy atom. The van der Waals surface area contributed by atoms with Crippen LogP contribution in [0.2, 0.25) is 0 Å². The fourth-order valence-electron chi connectivity index (χ4n) is 8.13. The minimum Gasteiger partial charge on any atom is -0.462 e. The highest BCUT2D eigenvalue weighted by atomic mass is 31.2. The first kappa shape index (κ1) is 63.0. The van der Waals surface area contributed by atoms with Gasteiger partial charge in [0.25, 0.3) is 0 Å².